The maximum absolute atomic E-state index is 11.0. The molecule has 110 valence electrons. The van der Waals surface area contributed by atoms with E-state index in [0.717, 1.165) is 16.9 Å². The Morgan fingerprint density at radius 3 is 2.68 bits per heavy atom. The van der Waals surface area contributed by atoms with Crippen LogP contribution in [0.4, 0.5) is 0 Å². The highest BCUT2D eigenvalue weighted by Crippen LogP contribution is 2.15. The molecule has 0 aliphatic heterocycles. The minimum atomic E-state index is -0.391. The van der Waals surface area contributed by atoms with Crippen molar-refractivity contribution in [1.29, 1.82) is 5.26 Å². The van der Waals surface area contributed by atoms with Gasteiger partial charge in [-0.3, -0.25) is 0 Å². The molecule has 2 aromatic carbocycles. The number of benzene rings is 2. The average Bonchev–Trinajstić information content (AvgIpc) is 2.58. The zero-order chi connectivity index (χ0) is 15.8. The number of nitriles is 1. The van der Waals surface area contributed by atoms with Crippen LogP contribution < -0.4 is 4.74 Å². The molecule has 0 bridgehead atoms. The van der Waals surface area contributed by atoms with Crippen LogP contribution in [0.25, 0.3) is 6.08 Å². The molecule has 4 nitrogen and oxygen atoms in total. The van der Waals surface area contributed by atoms with E-state index in [2.05, 4.69) is 10.8 Å². The maximum atomic E-state index is 11.0. The lowest BCUT2D eigenvalue weighted by atomic mass is 10.1. The van der Waals surface area contributed by atoms with Crippen LogP contribution in [0.5, 0.6) is 5.75 Å². The molecule has 0 aliphatic carbocycles. The van der Waals surface area contributed by atoms with E-state index in [-0.39, 0.29) is 0 Å². The molecule has 0 unspecified atom stereocenters. The van der Waals surface area contributed by atoms with Crippen LogP contribution in [0.2, 0.25) is 0 Å². The van der Waals surface area contributed by atoms with Crippen LogP contribution in [-0.2, 0) is 16.1 Å². The molecule has 0 aliphatic rings. The molecule has 0 atom stereocenters. The summed E-state index contributed by atoms with van der Waals surface area (Å²) in [5, 5.41) is 8.86. The number of rotatable bonds is 5. The number of hydrogen-bond donors (Lipinski definition) is 0. The first-order chi connectivity index (χ1) is 10.7. The van der Waals surface area contributed by atoms with Gasteiger partial charge in [-0.05, 0) is 41.5 Å². The Labute approximate surface area is 129 Å². The Hall–Kier alpha value is -3.06. The number of carbonyl (C=O) groups excluding carboxylic acids is 1. The van der Waals surface area contributed by atoms with E-state index in [0.29, 0.717) is 12.2 Å². The second-order valence-electron chi connectivity index (χ2n) is 4.53. The largest absolute Gasteiger partial charge is 0.489 e. The average molecular weight is 293 g/mol. The number of nitrogens with zero attached hydrogens (tertiary/aromatic N) is 1. The van der Waals surface area contributed by atoms with E-state index >= 15 is 0 Å². The maximum Gasteiger partial charge on any atom is 0.330 e. The van der Waals surface area contributed by atoms with Gasteiger partial charge in [0.15, 0.2) is 0 Å². The molecule has 0 saturated heterocycles. The van der Waals surface area contributed by atoms with Crippen LogP contribution in [0.1, 0.15) is 16.7 Å². The predicted molar refractivity (Wildman–Crippen MR) is 83.0 cm³/mol. The second kappa shape index (κ2) is 7.65. The minimum Gasteiger partial charge on any atom is -0.489 e. The molecule has 2 rings (SSSR count). The number of methoxy groups -OCH3 is 1. The normalized spacial score (nSPS) is 10.2. The molecule has 0 saturated carbocycles. The topological polar surface area (TPSA) is 59.3 Å². The summed E-state index contributed by atoms with van der Waals surface area (Å²) >= 11 is 0. The van der Waals surface area contributed by atoms with Crippen molar-refractivity contribution in [2.45, 2.75) is 6.61 Å². The van der Waals surface area contributed by atoms with Crippen LogP contribution >= 0.6 is 0 Å². The van der Waals surface area contributed by atoms with Crippen LogP contribution in [-0.4, -0.2) is 13.1 Å². The smallest absolute Gasteiger partial charge is 0.330 e. The van der Waals surface area contributed by atoms with Crippen molar-refractivity contribution in [2.75, 3.05) is 7.11 Å². The first-order valence-electron chi connectivity index (χ1n) is 6.69. The number of ether oxygens (including phenoxy) is 2. The zero-order valence-electron chi connectivity index (χ0n) is 12.2. The van der Waals surface area contributed by atoms with Gasteiger partial charge < -0.3 is 9.47 Å². The lowest BCUT2D eigenvalue weighted by Crippen LogP contribution is -1.96. The summed E-state index contributed by atoms with van der Waals surface area (Å²) in [6.07, 6.45) is 3.04. The van der Waals surface area contributed by atoms with Crippen LogP contribution in [0.3, 0.4) is 0 Å². The Kier molecular flexibility index (Phi) is 5.33. The van der Waals surface area contributed by atoms with Crippen molar-refractivity contribution >= 4 is 12.0 Å². The van der Waals surface area contributed by atoms with Crippen LogP contribution in [0.15, 0.2) is 54.6 Å². The molecule has 0 heterocycles. The van der Waals surface area contributed by atoms with Crippen molar-refractivity contribution in [3.05, 3.63) is 71.3 Å². The zero-order valence-corrected chi connectivity index (χ0v) is 12.2. The quantitative estimate of drug-likeness (QED) is 0.626. The van der Waals surface area contributed by atoms with Crippen LogP contribution in [0, 0.1) is 11.3 Å². The number of esters is 1. The first kappa shape index (κ1) is 15.3. The number of carbonyl (C=O) groups is 1. The molecule has 0 fully saturated rings. The third-order valence-electron chi connectivity index (χ3n) is 2.95. The molecule has 22 heavy (non-hydrogen) atoms. The van der Waals surface area contributed by atoms with E-state index in [9.17, 15) is 4.79 Å². The van der Waals surface area contributed by atoms with Gasteiger partial charge in [0.2, 0.25) is 0 Å². The Morgan fingerprint density at radius 2 is 2.00 bits per heavy atom. The fraction of sp³-hybridized carbons (Fsp3) is 0.111. The SMILES string of the molecule is COC(=O)/C=C/c1ccc(OCc2cccc(C#N)c2)cc1. The van der Waals surface area contributed by atoms with E-state index < -0.39 is 5.97 Å². The number of hydrogen-bond acceptors (Lipinski definition) is 4. The summed E-state index contributed by atoms with van der Waals surface area (Å²) in [5.74, 6) is 0.329. The van der Waals surface area contributed by atoms with E-state index in [1.165, 1.54) is 13.2 Å². The molecule has 0 N–H and O–H groups in total. The minimum absolute atomic E-state index is 0.391. The monoisotopic (exact) mass is 293 g/mol. The van der Waals surface area contributed by atoms with Gasteiger partial charge in [0.05, 0.1) is 18.7 Å². The van der Waals surface area contributed by atoms with Gasteiger partial charge in [0, 0.05) is 6.08 Å². The summed E-state index contributed by atoms with van der Waals surface area (Å²) in [6, 6.07) is 16.7. The fourth-order valence-electron chi connectivity index (χ4n) is 1.80. The van der Waals surface area contributed by atoms with Gasteiger partial charge in [-0.1, -0.05) is 24.3 Å². The Bertz CT molecular complexity index is 712. The van der Waals surface area contributed by atoms with Gasteiger partial charge in [-0.15, -0.1) is 0 Å². The van der Waals surface area contributed by atoms with E-state index in [1.54, 1.807) is 18.2 Å². The standard InChI is InChI=1S/C18H15NO3/c1-21-18(20)10-7-14-5-8-17(9-6-14)22-13-16-4-2-3-15(11-16)12-19/h2-11H,13H2,1H3/b10-7+. The lowest BCUT2D eigenvalue weighted by Gasteiger charge is -2.06. The molecule has 4 heteroatoms. The molecule has 2 aromatic rings. The van der Waals surface area contributed by atoms with Crippen molar-refractivity contribution in [3.8, 4) is 11.8 Å². The lowest BCUT2D eigenvalue weighted by molar-refractivity contribution is -0.134. The molecular formula is C18H15NO3. The Balaban J connectivity index is 1.95. The van der Waals surface area contributed by atoms with Gasteiger partial charge in [-0.2, -0.15) is 5.26 Å². The highest BCUT2D eigenvalue weighted by molar-refractivity contribution is 5.86. The first-order valence-corrected chi connectivity index (χ1v) is 6.69. The third kappa shape index (κ3) is 4.50. The summed E-state index contributed by atoms with van der Waals surface area (Å²) in [5.41, 5.74) is 2.43. The summed E-state index contributed by atoms with van der Waals surface area (Å²) in [6.45, 7) is 0.396. The third-order valence-corrected chi connectivity index (χ3v) is 2.95. The summed E-state index contributed by atoms with van der Waals surface area (Å²) in [7, 11) is 1.34. The van der Waals surface area contributed by atoms with Crippen molar-refractivity contribution in [2.24, 2.45) is 0 Å². The van der Waals surface area contributed by atoms with Gasteiger partial charge in [-0.25, -0.2) is 4.79 Å². The van der Waals surface area contributed by atoms with E-state index in [4.69, 9.17) is 10.00 Å². The molecule has 0 aromatic heterocycles. The Morgan fingerprint density at radius 1 is 1.23 bits per heavy atom. The second-order valence-corrected chi connectivity index (χ2v) is 4.53. The van der Waals surface area contributed by atoms with Gasteiger partial charge in [0.25, 0.3) is 0 Å². The van der Waals surface area contributed by atoms with Gasteiger partial charge >= 0.3 is 5.97 Å². The van der Waals surface area contributed by atoms with Gasteiger partial charge in [0.1, 0.15) is 12.4 Å². The van der Waals surface area contributed by atoms with Crippen molar-refractivity contribution in [3.63, 3.8) is 0 Å². The molecular weight excluding hydrogens is 278 g/mol. The fourth-order valence-corrected chi connectivity index (χ4v) is 1.80. The molecule has 0 amide bonds. The highest BCUT2D eigenvalue weighted by atomic mass is 16.5. The van der Waals surface area contributed by atoms with Crippen molar-refractivity contribution in [1.82, 2.24) is 0 Å². The molecule has 0 spiro atoms. The van der Waals surface area contributed by atoms with Crippen molar-refractivity contribution < 1.29 is 14.3 Å². The highest BCUT2D eigenvalue weighted by Gasteiger charge is 1.98. The van der Waals surface area contributed by atoms with E-state index in [1.807, 2.05) is 36.4 Å². The molecule has 0 radical (unpaired) electrons. The summed E-state index contributed by atoms with van der Waals surface area (Å²) in [4.78, 5) is 11.0. The predicted octanol–water partition coefficient (Wildman–Crippen LogP) is 3.32. The summed E-state index contributed by atoms with van der Waals surface area (Å²) < 4.78 is 10.2.